The number of ketones is 1. The van der Waals surface area contributed by atoms with E-state index in [4.69, 9.17) is 5.11 Å². The third-order valence-corrected chi connectivity index (χ3v) is 2.89. The first-order chi connectivity index (χ1) is 6.59. The minimum absolute atomic E-state index is 0.0334. The molecule has 1 amide bonds. The van der Waals surface area contributed by atoms with Crippen LogP contribution in [0.1, 0.15) is 32.6 Å². The van der Waals surface area contributed by atoms with Crippen LogP contribution in [-0.2, 0) is 4.79 Å². The molecule has 0 bridgehead atoms. The summed E-state index contributed by atoms with van der Waals surface area (Å²) in [6.45, 7) is 2.16. The summed E-state index contributed by atoms with van der Waals surface area (Å²) in [5.41, 5.74) is 0. The second kappa shape index (κ2) is 4.98. The van der Waals surface area contributed by atoms with Crippen molar-refractivity contribution in [3.05, 3.63) is 0 Å². The minimum Gasteiger partial charge on any atom is -0.465 e. The van der Waals surface area contributed by atoms with Gasteiger partial charge in [0.1, 0.15) is 0 Å². The van der Waals surface area contributed by atoms with Crippen molar-refractivity contribution >= 4 is 11.9 Å². The molecule has 4 nitrogen and oxygen atoms in total. The van der Waals surface area contributed by atoms with Crippen LogP contribution in [0.3, 0.4) is 0 Å². The number of carbonyl (C=O) groups excluding carboxylic acids is 1. The van der Waals surface area contributed by atoms with E-state index in [0.717, 1.165) is 25.7 Å². The molecule has 14 heavy (non-hydrogen) atoms. The van der Waals surface area contributed by atoms with E-state index in [1.165, 1.54) is 0 Å². The van der Waals surface area contributed by atoms with E-state index in [-0.39, 0.29) is 18.2 Å². The highest BCUT2D eigenvalue weighted by Gasteiger charge is 2.23. The van der Waals surface area contributed by atoms with Gasteiger partial charge in [0.2, 0.25) is 0 Å². The van der Waals surface area contributed by atoms with E-state index in [2.05, 4.69) is 12.2 Å². The van der Waals surface area contributed by atoms with Gasteiger partial charge in [0, 0.05) is 5.92 Å². The molecule has 0 unspecified atom stereocenters. The molecule has 1 fully saturated rings. The predicted molar refractivity (Wildman–Crippen MR) is 52.2 cm³/mol. The average Bonchev–Trinajstić information content (AvgIpc) is 2.15. The van der Waals surface area contributed by atoms with Crippen molar-refractivity contribution in [2.75, 3.05) is 6.54 Å². The Morgan fingerprint density at radius 3 is 2.36 bits per heavy atom. The molecule has 80 valence electrons. The van der Waals surface area contributed by atoms with Crippen LogP contribution in [0.15, 0.2) is 0 Å². The van der Waals surface area contributed by atoms with Gasteiger partial charge in [0.05, 0.1) is 6.54 Å². The van der Waals surface area contributed by atoms with E-state index in [9.17, 15) is 9.59 Å². The van der Waals surface area contributed by atoms with Crippen LogP contribution in [0.4, 0.5) is 4.79 Å². The standard InChI is InChI=1S/C10H17NO3/c1-7-2-4-8(5-3-7)9(12)6-11-10(13)14/h7-8,11H,2-6H2,1H3,(H,13,14). The van der Waals surface area contributed by atoms with Crippen molar-refractivity contribution in [3.63, 3.8) is 0 Å². The Balaban J connectivity index is 2.27. The number of nitrogens with one attached hydrogen (secondary N) is 1. The summed E-state index contributed by atoms with van der Waals surface area (Å²) < 4.78 is 0. The Labute approximate surface area is 83.7 Å². The molecular formula is C10H17NO3. The summed E-state index contributed by atoms with van der Waals surface area (Å²) in [6, 6.07) is 0. The van der Waals surface area contributed by atoms with Crippen LogP contribution >= 0.6 is 0 Å². The lowest BCUT2D eigenvalue weighted by molar-refractivity contribution is -0.123. The molecule has 2 N–H and O–H groups in total. The maximum Gasteiger partial charge on any atom is 0.405 e. The van der Waals surface area contributed by atoms with Gasteiger partial charge in [0.25, 0.3) is 0 Å². The number of amides is 1. The quantitative estimate of drug-likeness (QED) is 0.726. The molecule has 1 rings (SSSR count). The van der Waals surface area contributed by atoms with Gasteiger partial charge in [-0.25, -0.2) is 4.79 Å². The van der Waals surface area contributed by atoms with Crippen LogP contribution in [0, 0.1) is 11.8 Å². The van der Waals surface area contributed by atoms with E-state index < -0.39 is 6.09 Å². The molecule has 0 aromatic heterocycles. The van der Waals surface area contributed by atoms with Crippen LogP contribution in [0.2, 0.25) is 0 Å². The lowest BCUT2D eigenvalue weighted by atomic mass is 9.81. The fourth-order valence-electron chi connectivity index (χ4n) is 1.89. The van der Waals surface area contributed by atoms with Gasteiger partial charge in [-0.2, -0.15) is 0 Å². The molecule has 1 aliphatic carbocycles. The SMILES string of the molecule is CC1CCC(C(=O)CNC(=O)O)CC1. The van der Waals surface area contributed by atoms with Gasteiger partial charge in [-0.05, 0) is 18.8 Å². The van der Waals surface area contributed by atoms with Crippen molar-refractivity contribution in [2.24, 2.45) is 11.8 Å². The topological polar surface area (TPSA) is 66.4 Å². The monoisotopic (exact) mass is 199 g/mol. The summed E-state index contributed by atoms with van der Waals surface area (Å²) >= 11 is 0. The number of Topliss-reactive ketones (excluding diaryl/α,β-unsaturated/α-hetero) is 1. The van der Waals surface area contributed by atoms with Crippen molar-refractivity contribution in [3.8, 4) is 0 Å². The summed E-state index contributed by atoms with van der Waals surface area (Å²) in [5.74, 6) is 0.837. The Bertz CT molecular complexity index is 219. The van der Waals surface area contributed by atoms with Gasteiger partial charge >= 0.3 is 6.09 Å². The third kappa shape index (κ3) is 3.36. The first-order valence-corrected chi connectivity index (χ1v) is 5.09. The maximum absolute atomic E-state index is 11.5. The number of carbonyl (C=O) groups is 2. The van der Waals surface area contributed by atoms with Gasteiger partial charge in [-0.3, -0.25) is 4.79 Å². The first kappa shape index (κ1) is 11.0. The second-order valence-electron chi connectivity index (χ2n) is 4.08. The number of hydrogen-bond acceptors (Lipinski definition) is 2. The van der Waals surface area contributed by atoms with Gasteiger partial charge in [0.15, 0.2) is 5.78 Å². The van der Waals surface area contributed by atoms with Crippen molar-refractivity contribution < 1.29 is 14.7 Å². The Morgan fingerprint density at radius 1 is 1.29 bits per heavy atom. The van der Waals surface area contributed by atoms with E-state index in [0.29, 0.717) is 5.92 Å². The highest BCUT2D eigenvalue weighted by Crippen LogP contribution is 2.28. The van der Waals surface area contributed by atoms with Crippen molar-refractivity contribution in [1.29, 1.82) is 0 Å². The summed E-state index contributed by atoms with van der Waals surface area (Å²) in [6.07, 6.45) is 2.89. The van der Waals surface area contributed by atoms with Crippen molar-refractivity contribution in [2.45, 2.75) is 32.6 Å². The summed E-state index contributed by atoms with van der Waals surface area (Å²) in [5, 5.41) is 10.5. The molecule has 0 aromatic carbocycles. The maximum atomic E-state index is 11.5. The predicted octanol–water partition coefficient (Wildman–Crippen LogP) is 1.65. The number of rotatable bonds is 3. The lowest BCUT2D eigenvalue weighted by Gasteiger charge is -2.24. The molecule has 1 saturated carbocycles. The van der Waals surface area contributed by atoms with E-state index >= 15 is 0 Å². The Morgan fingerprint density at radius 2 is 1.86 bits per heavy atom. The molecule has 0 radical (unpaired) electrons. The average molecular weight is 199 g/mol. The highest BCUT2D eigenvalue weighted by atomic mass is 16.4. The molecule has 1 aliphatic rings. The zero-order valence-electron chi connectivity index (χ0n) is 8.45. The van der Waals surface area contributed by atoms with E-state index in [1.807, 2.05) is 0 Å². The molecule has 0 atom stereocenters. The fraction of sp³-hybridized carbons (Fsp3) is 0.800. The molecule has 0 saturated heterocycles. The fourth-order valence-corrected chi connectivity index (χ4v) is 1.89. The Hall–Kier alpha value is -1.06. The molecule has 4 heteroatoms. The minimum atomic E-state index is -1.12. The molecule has 0 spiro atoms. The zero-order chi connectivity index (χ0) is 10.6. The second-order valence-corrected chi connectivity index (χ2v) is 4.08. The molecule has 0 aliphatic heterocycles. The van der Waals surface area contributed by atoms with Gasteiger partial charge in [-0.1, -0.05) is 19.8 Å². The zero-order valence-corrected chi connectivity index (χ0v) is 8.45. The summed E-state index contributed by atoms with van der Waals surface area (Å²) in [4.78, 5) is 21.7. The van der Waals surface area contributed by atoms with Gasteiger partial charge in [-0.15, -0.1) is 0 Å². The highest BCUT2D eigenvalue weighted by molar-refractivity contribution is 5.85. The van der Waals surface area contributed by atoms with Crippen LogP contribution in [0.5, 0.6) is 0 Å². The number of hydrogen-bond donors (Lipinski definition) is 2. The van der Waals surface area contributed by atoms with Crippen LogP contribution < -0.4 is 5.32 Å². The smallest absolute Gasteiger partial charge is 0.405 e. The van der Waals surface area contributed by atoms with Crippen molar-refractivity contribution in [1.82, 2.24) is 5.32 Å². The van der Waals surface area contributed by atoms with Gasteiger partial charge < -0.3 is 10.4 Å². The number of carboxylic acid groups (broad SMARTS) is 1. The molecule has 0 aromatic rings. The largest absolute Gasteiger partial charge is 0.465 e. The molecular weight excluding hydrogens is 182 g/mol. The third-order valence-electron chi connectivity index (χ3n) is 2.89. The summed E-state index contributed by atoms with van der Waals surface area (Å²) in [7, 11) is 0. The van der Waals surface area contributed by atoms with Crippen LogP contribution in [0.25, 0.3) is 0 Å². The normalized spacial score (nSPS) is 26.9. The Kier molecular flexibility index (Phi) is 3.92. The molecule has 0 heterocycles. The lowest BCUT2D eigenvalue weighted by Crippen LogP contribution is -2.33. The first-order valence-electron chi connectivity index (χ1n) is 5.09. The van der Waals surface area contributed by atoms with Crippen LogP contribution in [-0.4, -0.2) is 23.5 Å². The van der Waals surface area contributed by atoms with E-state index in [1.54, 1.807) is 0 Å².